The van der Waals surface area contributed by atoms with Gasteiger partial charge in [0.05, 0.1) is 13.2 Å². The Hall–Kier alpha value is -0.830. The van der Waals surface area contributed by atoms with Crippen molar-refractivity contribution >= 4 is 5.97 Å². The van der Waals surface area contributed by atoms with Crippen LogP contribution in [0.4, 0.5) is 0 Å². The zero-order chi connectivity index (χ0) is 8.10. The summed E-state index contributed by atoms with van der Waals surface area (Å²) in [6.07, 6.45) is 5.14. The summed E-state index contributed by atoms with van der Waals surface area (Å²) in [5.74, 6) is -0.173. The Labute approximate surface area is 66.4 Å². The fourth-order valence-electron chi connectivity index (χ4n) is 0.850. The number of hydrogen-bond donors (Lipinski definition) is 1. The van der Waals surface area contributed by atoms with Gasteiger partial charge in [-0.2, -0.15) is 0 Å². The van der Waals surface area contributed by atoms with Crippen LogP contribution in [-0.2, 0) is 9.53 Å². The maximum atomic E-state index is 10.8. The van der Waals surface area contributed by atoms with Gasteiger partial charge in [0.2, 0.25) is 0 Å². The molecule has 0 aliphatic heterocycles. The van der Waals surface area contributed by atoms with Gasteiger partial charge in [-0.05, 0) is 13.3 Å². The summed E-state index contributed by atoms with van der Waals surface area (Å²) in [5, 5.41) is 3.04. The lowest BCUT2D eigenvalue weighted by atomic mass is 10.1. The van der Waals surface area contributed by atoms with E-state index in [1.54, 1.807) is 6.92 Å². The van der Waals surface area contributed by atoms with Crippen LogP contribution in [-0.4, -0.2) is 25.2 Å². The van der Waals surface area contributed by atoms with Crippen molar-refractivity contribution in [3.05, 3.63) is 12.2 Å². The van der Waals surface area contributed by atoms with Crippen molar-refractivity contribution in [3.8, 4) is 0 Å². The molecule has 0 aromatic rings. The van der Waals surface area contributed by atoms with Crippen molar-refractivity contribution in [1.82, 2.24) is 5.32 Å². The molecule has 3 heteroatoms. The van der Waals surface area contributed by atoms with Crippen LogP contribution < -0.4 is 5.32 Å². The van der Waals surface area contributed by atoms with Gasteiger partial charge in [-0.3, -0.25) is 4.79 Å². The standard InChI is InChI=1S/C8H13NO2/c1-2-11-8(10)6-9-7-4-3-5-7/h3-4,7,9H,2,5-6H2,1H3. The smallest absolute Gasteiger partial charge is 0.319 e. The first-order valence-electron chi connectivity index (χ1n) is 3.88. The van der Waals surface area contributed by atoms with Gasteiger partial charge in [0.1, 0.15) is 0 Å². The maximum absolute atomic E-state index is 10.8. The highest BCUT2D eigenvalue weighted by Gasteiger charge is 2.10. The van der Waals surface area contributed by atoms with E-state index in [-0.39, 0.29) is 5.97 Å². The van der Waals surface area contributed by atoms with Gasteiger partial charge < -0.3 is 10.1 Å². The Kier molecular flexibility index (Phi) is 3.11. The van der Waals surface area contributed by atoms with Crippen LogP contribution in [0.2, 0.25) is 0 Å². The molecule has 0 aromatic heterocycles. The van der Waals surface area contributed by atoms with Gasteiger partial charge in [0, 0.05) is 6.04 Å². The highest BCUT2D eigenvalue weighted by molar-refractivity contribution is 5.71. The van der Waals surface area contributed by atoms with Gasteiger partial charge in [-0.1, -0.05) is 12.2 Å². The Balaban J connectivity index is 2.01. The fourth-order valence-corrected chi connectivity index (χ4v) is 0.850. The van der Waals surface area contributed by atoms with Crippen LogP contribution in [0.15, 0.2) is 12.2 Å². The predicted octanol–water partition coefficient (Wildman–Crippen LogP) is 0.468. The highest BCUT2D eigenvalue weighted by Crippen LogP contribution is 2.05. The molecule has 0 fully saturated rings. The fraction of sp³-hybridized carbons (Fsp3) is 0.625. The van der Waals surface area contributed by atoms with Gasteiger partial charge in [-0.25, -0.2) is 0 Å². The Morgan fingerprint density at radius 2 is 2.55 bits per heavy atom. The minimum Gasteiger partial charge on any atom is -0.465 e. The van der Waals surface area contributed by atoms with E-state index >= 15 is 0 Å². The summed E-state index contributed by atoms with van der Waals surface area (Å²) in [4.78, 5) is 10.8. The summed E-state index contributed by atoms with van der Waals surface area (Å²) in [5.41, 5.74) is 0. The largest absolute Gasteiger partial charge is 0.465 e. The van der Waals surface area contributed by atoms with Crippen molar-refractivity contribution in [2.45, 2.75) is 19.4 Å². The Morgan fingerprint density at radius 1 is 1.82 bits per heavy atom. The summed E-state index contributed by atoms with van der Waals surface area (Å²) in [7, 11) is 0. The van der Waals surface area contributed by atoms with Gasteiger partial charge in [0.25, 0.3) is 0 Å². The molecular weight excluding hydrogens is 142 g/mol. The zero-order valence-electron chi connectivity index (χ0n) is 6.67. The third kappa shape index (κ3) is 2.72. The summed E-state index contributed by atoms with van der Waals surface area (Å²) >= 11 is 0. The maximum Gasteiger partial charge on any atom is 0.319 e. The van der Waals surface area contributed by atoms with Gasteiger partial charge in [-0.15, -0.1) is 0 Å². The van der Waals surface area contributed by atoms with Crippen LogP contribution in [0.5, 0.6) is 0 Å². The molecule has 0 aromatic carbocycles. The molecule has 1 unspecified atom stereocenters. The number of rotatable bonds is 4. The Morgan fingerprint density at radius 3 is 3.00 bits per heavy atom. The molecular formula is C8H13NO2. The molecule has 1 rings (SSSR count). The number of ether oxygens (including phenoxy) is 1. The third-order valence-corrected chi connectivity index (χ3v) is 1.57. The quantitative estimate of drug-likeness (QED) is 0.473. The van der Waals surface area contributed by atoms with E-state index in [0.29, 0.717) is 19.2 Å². The summed E-state index contributed by atoms with van der Waals surface area (Å²) in [6.45, 7) is 2.59. The van der Waals surface area contributed by atoms with Crippen molar-refractivity contribution < 1.29 is 9.53 Å². The average molecular weight is 155 g/mol. The van der Waals surface area contributed by atoms with E-state index in [0.717, 1.165) is 6.42 Å². The molecule has 62 valence electrons. The minimum atomic E-state index is -0.173. The lowest BCUT2D eigenvalue weighted by Gasteiger charge is -2.18. The van der Waals surface area contributed by atoms with E-state index in [1.807, 2.05) is 6.08 Å². The first-order chi connectivity index (χ1) is 5.33. The summed E-state index contributed by atoms with van der Waals surface area (Å²) < 4.78 is 4.74. The number of carbonyl (C=O) groups is 1. The normalized spacial score (nSPS) is 21.0. The van der Waals surface area contributed by atoms with Crippen molar-refractivity contribution in [3.63, 3.8) is 0 Å². The monoisotopic (exact) mass is 155 g/mol. The molecule has 11 heavy (non-hydrogen) atoms. The topological polar surface area (TPSA) is 38.3 Å². The SMILES string of the molecule is CCOC(=O)CNC1C=CC1. The first-order valence-corrected chi connectivity index (χ1v) is 3.88. The summed E-state index contributed by atoms with van der Waals surface area (Å²) in [6, 6.07) is 0.388. The predicted molar refractivity (Wildman–Crippen MR) is 42.2 cm³/mol. The van der Waals surface area contributed by atoms with Crippen molar-refractivity contribution in [2.75, 3.05) is 13.2 Å². The lowest BCUT2D eigenvalue weighted by molar-refractivity contribution is -0.142. The highest BCUT2D eigenvalue weighted by atomic mass is 16.5. The van der Waals surface area contributed by atoms with E-state index in [2.05, 4.69) is 11.4 Å². The first kappa shape index (κ1) is 8.27. The van der Waals surface area contributed by atoms with E-state index < -0.39 is 0 Å². The minimum absolute atomic E-state index is 0.173. The second kappa shape index (κ2) is 4.13. The molecule has 0 bridgehead atoms. The molecule has 1 aliphatic rings. The molecule has 1 aliphatic carbocycles. The lowest BCUT2D eigenvalue weighted by Crippen LogP contribution is -2.35. The average Bonchev–Trinajstić information content (AvgIpc) is 1.85. The van der Waals surface area contributed by atoms with Crippen molar-refractivity contribution in [1.29, 1.82) is 0 Å². The molecule has 3 nitrogen and oxygen atoms in total. The third-order valence-electron chi connectivity index (χ3n) is 1.57. The van der Waals surface area contributed by atoms with Gasteiger partial charge >= 0.3 is 5.97 Å². The molecule has 0 amide bonds. The number of hydrogen-bond acceptors (Lipinski definition) is 3. The zero-order valence-corrected chi connectivity index (χ0v) is 6.67. The van der Waals surface area contributed by atoms with Crippen molar-refractivity contribution in [2.24, 2.45) is 0 Å². The molecule has 0 heterocycles. The number of carbonyl (C=O) groups excluding carboxylic acids is 1. The van der Waals surface area contributed by atoms with Crippen LogP contribution in [0.3, 0.4) is 0 Å². The number of esters is 1. The number of nitrogens with one attached hydrogen (secondary N) is 1. The van der Waals surface area contributed by atoms with E-state index in [4.69, 9.17) is 4.74 Å². The van der Waals surface area contributed by atoms with E-state index in [1.165, 1.54) is 0 Å². The molecule has 0 saturated carbocycles. The van der Waals surface area contributed by atoms with Crippen LogP contribution in [0.1, 0.15) is 13.3 Å². The van der Waals surface area contributed by atoms with Crippen LogP contribution in [0.25, 0.3) is 0 Å². The second-order valence-electron chi connectivity index (χ2n) is 2.46. The molecule has 0 radical (unpaired) electrons. The second-order valence-corrected chi connectivity index (χ2v) is 2.46. The van der Waals surface area contributed by atoms with E-state index in [9.17, 15) is 4.79 Å². The Bertz CT molecular complexity index is 165. The molecule has 1 atom stereocenters. The molecule has 0 saturated heterocycles. The van der Waals surface area contributed by atoms with Crippen LogP contribution in [0, 0.1) is 0 Å². The molecule has 1 N–H and O–H groups in total. The van der Waals surface area contributed by atoms with Gasteiger partial charge in [0.15, 0.2) is 0 Å². The molecule has 0 spiro atoms. The van der Waals surface area contributed by atoms with Crippen LogP contribution >= 0.6 is 0 Å².